The number of fused-ring (bicyclic) bond motifs is 2. The number of phenolic OH excluding ortho intramolecular Hbond substituents is 2. The van der Waals surface area contributed by atoms with Crippen molar-refractivity contribution in [3.8, 4) is 22.6 Å². The van der Waals surface area contributed by atoms with Gasteiger partial charge >= 0.3 is 0 Å². The molecule has 2 heterocycles. The third kappa shape index (κ3) is 8.77. The number of hydrogen-bond donors (Lipinski definition) is 8. The molecule has 2 aliphatic rings. The Kier molecular flexibility index (Phi) is 13.5. The lowest BCUT2D eigenvalue weighted by Crippen LogP contribution is -2.46. The first-order valence-corrected chi connectivity index (χ1v) is 26.3. The summed E-state index contributed by atoms with van der Waals surface area (Å²) in [6.45, 7) is 9.49. The van der Waals surface area contributed by atoms with Crippen LogP contribution in [-0.2, 0) is 48.8 Å². The summed E-state index contributed by atoms with van der Waals surface area (Å²) >= 11 is 2.17. The minimum absolute atomic E-state index is 0.00709. The number of aromatic hydroxyl groups is 2. The highest BCUT2D eigenvalue weighted by atomic mass is 32.2. The first-order chi connectivity index (χ1) is 34.1. The molecule has 0 aliphatic heterocycles. The molecular formula is C48H42N8O12S4. The van der Waals surface area contributed by atoms with Crippen molar-refractivity contribution in [1.29, 1.82) is 0 Å². The minimum atomic E-state index is -4.05. The summed E-state index contributed by atoms with van der Waals surface area (Å²) in [5.74, 6) is -7.36. The van der Waals surface area contributed by atoms with Crippen molar-refractivity contribution in [2.24, 2.45) is 11.8 Å². The number of nitrogens with one attached hydrogen (secondary N) is 6. The topological polar surface area (TPSA) is 309 Å². The number of ketones is 4. The first kappa shape index (κ1) is 50.3. The molecule has 72 heavy (non-hydrogen) atoms. The van der Waals surface area contributed by atoms with Crippen molar-refractivity contribution >= 4 is 134 Å². The molecule has 8 N–H and O–H groups in total. The largest absolute Gasteiger partial charge is 0.507 e. The van der Waals surface area contributed by atoms with E-state index in [2.05, 4.69) is 41.1 Å². The molecule has 370 valence electrons. The summed E-state index contributed by atoms with van der Waals surface area (Å²) in [6.07, 6.45) is 3.13. The zero-order valence-corrected chi connectivity index (χ0v) is 42.0. The maximum atomic E-state index is 13.8. The molecule has 20 nitrogen and oxygen atoms in total. The average Bonchev–Trinajstić information content (AvgIpc) is 4.05. The van der Waals surface area contributed by atoms with Gasteiger partial charge in [0.25, 0.3) is 20.0 Å². The Morgan fingerprint density at radius 2 is 0.875 bits per heavy atom. The fourth-order valence-electron chi connectivity index (χ4n) is 8.57. The second-order valence-corrected chi connectivity index (χ2v) is 22.1. The van der Waals surface area contributed by atoms with Gasteiger partial charge in [0.15, 0.2) is 22.8 Å². The third-order valence-corrected chi connectivity index (χ3v) is 16.2. The van der Waals surface area contributed by atoms with Gasteiger partial charge in [-0.3, -0.25) is 49.1 Å². The number of carbonyl (C=O) groups is 6. The van der Waals surface area contributed by atoms with Crippen LogP contribution in [0.15, 0.2) is 81.5 Å². The number of aromatic nitrogens is 2. The fourth-order valence-corrected chi connectivity index (χ4v) is 12.2. The van der Waals surface area contributed by atoms with E-state index in [-0.39, 0.29) is 110 Å². The maximum absolute atomic E-state index is 13.8. The molecular weight excluding hydrogens is 1010 g/mol. The summed E-state index contributed by atoms with van der Waals surface area (Å²) in [4.78, 5) is 88.7. The van der Waals surface area contributed by atoms with E-state index in [1.54, 1.807) is 38.5 Å². The van der Waals surface area contributed by atoms with Gasteiger partial charge in [0, 0.05) is 66.3 Å². The van der Waals surface area contributed by atoms with Crippen molar-refractivity contribution < 1.29 is 55.8 Å². The fraction of sp³-hybridized carbons (Fsp3) is 0.167. The molecule has 8 rings (SSSR count). The van der Waals surface area contributed by atoms with Gasteiger partial charge in [-0.05, 0) is 85.3 Å². The highest BCUT2D eigenvalue weighted by Gasteiger charge is 2.38. The van der Waals surface area contributed by atoms with Gasteiger partial charge < -0.3 is 21.1 Å². The van der Waals surface area contributed by atoms with E-state index in [9.17, 15) is 55.8 Å². The summed E-state index contributed by atoms with van der Waals surface area (Å²) in [7, 11) is -8.10. The van der Waals surface area contributed by atoms with E-state index in [1.807, 2.05) is 0 Å². The molecule has 0 atom stereocenters. The van der Waals surface area contributed by atoms with Gasteiger partial charge in [-0.1, -0.05) is 27.7 Å². The van der Waals surface area contributed by atoms with Crippen molar-refractivity contribution in [3.63, 3.8) is 0 Å². The maximum Gasteiger partial charge on any atom is 0.263 e. The first-order valence-electron chi connectivity index (χ1n) is 21.6. The number of rotatable bonds is 17. The van der Waals surface area contributed by atoms with Gasteiger partial charge in [-0.15, -0.1) is 22.7 Å². The SMILES string of the molecule is Cc1c(-c2c(C)c(NNc3ccc(S(=O)(=O)Nc4nccs4)cc3)c3c(c2O)=C(C=O)C(=O)C(=O)C=3C(C)C)c(O)c2c(c1NNc1ccc(S(=O)(=O)Nc3nccs3)cc1)=C(C(C)C)C(=O)C(=O)C=2C=O. The van der Waals surface area contributed by atoms with Crippen molar-refractivity contribution in [3.05, 3.63) is 104 Å². The molecule has 4 aromatic carbocycles. The van der Waals surface area contributed by atoms with Gasteiger partial charge in [0.2, 0.25) is 23.1 Å². The van der Waals surface area contributed by atoms with E-state index >= 15 is 0 Å². The second kappa shape index (κ2) is 19.3. The lowest BCUT2D eigenvalue weighted by molar-refractivity contribution is -0.130. The highest BCUT2D eigenvalue weighted by Crippen LogP contribution is 2.42. The lowest BCUT2D eigenvalue weighted by Gasteiger charge is -2.27. The molecule has 0 bridgehead atoms. The number of nitrogens with zero attached hydrogens (tertiary/aromatic N) is 2. The van der Waals surface area contributed by atoms with Crippen molar-refractivity contribution in [2.45, 2.75) is 51.3 Å². The normalized spacial score (nSPS) is 13.8. The minimum Gasteiger partial charge on any atom is -0.507 e. The van der Waals surface area contributed by atoms with E-state index in [4.69, 9.17) is 0 Å². The number of benzene rings is 4. The average molecular weight is 1050 g/mol. The van der Waals surface area contributed by atoms with Crippen LogP contribution in [0.5, 0.6) is 11.5 Å². The molecule has 0 radical (unpaired) electrons. The summed E-state index contributed by atoms with van der Waals surface area (Å²) in [6, 6.07) is 10.9. The standard InChI is InChI=1S/C48H42N8O12S4/c1-21(2)31-37-35(29(19-57)41(59)45(31)63)43(61)33(23(5)39(37)53-51-25-7-11-27(12-8-25)71(65,66)55-47-49-15-17-69-47)34-24(6)40(38-32(22(3)4)46(64)42(60)30(20-58)36(38)44(34)62)54-52-26-9-13-28(14-10-26)72(67,68)56-48-50-16-18-70-48/h7-22,51-54,61-62H,1-6H3,(H,49,55)(H,50,56). The van der Waals surface area contributed by atoms with Crippen LogP contribution in [0.2, 0.25) is 0 Å². The number of thiazole rings is 2. The van der Waals surface area contributed by atoms with E-state index in [0.29, 0.717) is 0 Å². The monoisotopic (exact) mass is 1050 g/mol. The van der Waals surface area contributed by atoms with Crippen LogP contribution in [0.1, 0.15) is 38.8 Å². The van der Waals surface area contributed by atoms with Crippen LogP contribution in [-0.4, -0.2) is 72.7 Å². The number of phenols is 2. The summed E-state index contributed by atoms with van der Waals surface area (Å²) in [5, 5.41) is 27.8. The molecule has 0 saturated heterocycles. The Hall–Kier alpha value is -8.06. The summed E-state index contributed by atoms with van der Waals surface area (Å²) < 4.78 is 57.2. The zero-order valence-electron chi connectivity index (χ0n) is 38.7. The summed E-state index contributed by atoms with van der Waals surface area (Å²) in [5.41, 5.74) is 10.6. The van der Waals surface area contributed by atoms with Crippen LogP contribution >= 0.6 is 22.7 Å². The van der Waals surface area contributed by atoms with E-state index in [0.717, 1.165) is 22.7 Å². The smallest absolute Gasteiger partial charge is 0.263 e. The van der Waals surface area contributed by atoms with Gasteiger partial charge in [0.05, 0.1) is 43.7 Å². The lowest BCUT2D eigenvalue weighted by atomic mass is 9.80. The third-order valence-electron chi connectivity index (χ3n) is 11.9. The Balaban J connectivity index is 1.36. The van der Waals surface area contributed by atoms with Crippen LogP contribution in [0.4, 0.5) is 33.0 Å². The molecule has 0 unspecified atom stereocenters. The molecule has 0 saturated carbocycles. The quantitative estimate of drug-likeness (QED) is 0.0281. The molecule has 2 aromatic heterocycles. The van der Waals surface area contributed by atoms with Gasteiger partial charge in [-0.25, -0.2) is 26.8 Å². The predicted molar refractivity (Wildman–Crippen MR) is 272 cm³/mol. The van der Waals surface area contributed by atoms with Crippen LogP contribution < -0.4 is 52.0 Å². The van der Waals surface area contributed by atoms with Crippen LogP contribution in [0.25, 0.3) is 33.4 Å². The number of Topliss-reactive ketones (excluding diaryl/α,β-unsaturated/α-hetero) is 4. The van der Waals surface area contributed by atoms with Gasteiger partial charge in [-0.2, -0.15) is 0 Å². The number of anilines is 6. The number of aldehydes is 2. The number of hydrazine groups is 2. The zero-order chi connectivity index (χ0) is 52.1. The van der Waals surface area contributed by atoms with Crippen molar-refractivity contribution in [2.75, 3.05) is 31.1 Å². The van der Waals surface area contributed by atoms with E-state index in [1.165, 1.54) is 74.8 Å². The second-order valence-electron chi connectivity index (χ2n) is 16.9. The molecule has 0 spiro atoms. The molecule has 0 fully saturated rings. The Morgan fingerprint density at radius 1 is 0.528 bits per heavy atom. The molecule has 0 amide bonds. The predicted octanol–water partition coefficient (Wildman–Crippen LogP) is 3.39. The number of hydrogen-bond acceptors (Lipinski definition) is 20. The Bertz CT molecular complexity index is 3570. The number of sulfonamides is 2. The Morgan fingerprint density at radius 3 is 1.17 bits per heavy atom. The Labute approximate surface area is 418 Å². The highest BCUT2D eigenvalue weighted by molar-refractivity contribution is 7.93. The van der Waals surface area contributed by atoms with Gasteiger partial charge in [0.1, 0.15) is 11.5 Å². The molecule has 24 heteroatoms. The van der Waals surface area contributed by atoms with Crippen molar-refractivity contribution in [1.82, 2.24) is 9.97 Å². The van der Waals surface area contributed by atoms with Crippen LogP contribution in [0.3, 0.4) is 0 Å². The molecule has 6 aromatic rings. The molecule has 2 aliphatic carbocycles. The van der Waals surface area contributed by atoms with Crippen LogP contribution in [0, 0.1) is 25.7 Å². The number of carbonyl (C=O) groups excluding carboxylic acids is 6. The van der Waals surface area contributed by atoms with E-state index < -0.39 is 77.7 Å².